The molecule has 0 fully saturated rings. The van der Waals surface area contributed by atoms with Gasteiger partial charge in [0.05, 0.1) is 8.07 Å². The number of fused-ring (bicyclic) bond motifs is 4. The van der Waals surface area contributed by atoms with Crippen LogP contribution in [0.3, 0.4) is 0 Å². The van der Waals surface area contributed by atoms with Crippen LogP contribution >= 0.6 is 0 Å². The van der Waals surface area contributed by atoms with E-state index in [0.717, 1.165) is 6.42 Å². The molecule has 0 radical (unpaired) electrons. The summed E-state index contributed by atoms with van der Waals surface area (Å²) in [5, 5.41) is 1.67. The zero-order valence-corrected chi connectivity index (χ0v) is 24.0. The molecular weight excluding hydrogens is 602 g/mol. The molecule has 0 spiro atoms. The molecule has 0 aliphatic heterocycles. The van der Waals surface area contributed by atoms with Gasteiger partial charge < -0.3 is 24.8 Å². The van der Waals surface area contributed by atoms with Crippen LogP contribution in [0.15, 0.2) is 90.6 Å². The number of halogens is 2. The Hall–Kier alpha value is -1.19. The summed E-state index contributed by atoms with van der Waals surface area (Å²) in [6.07, 6.45) is 5.64. The smallest absolute Gasteiger partial charge is 0.0885 e. The van der Waals surface area contributed by atoms with E-state index in [1.165, 1.54) is 33.4 Å². The first-order valence-corrected chi connectivity index (χ1v) is 13.3. The molecule has 0 heterocycles. The van der Waals surface area contributed by atoms with Crippen molar-refractivity contribution in [1.29, 1.82) is 0 Å². The van der Waals surface area contributed by atoms with Crippen LogP contribution in [0.2, 0.25) is 13.1 Å². The molecule has 0 nitrogen and oxygen atoms in total. The molecule has 2 aliphatic rings. The van der Waals surface area contributed by atoms with E-state index in [4.69, 9.17) is 0 Å². The average Bonchev–Trinajstić information content (AvgIpc) is 3.25. The largest absolute Gasteiger partial charge is 1.00 e. The summed E-state index contributed by atoms with van der Waals surface area (Å²) < 4.78 is 0. The molecule has 1 unspecified atom stereocenters. The van der Waals surface area contributed by atoms with Crippen molar-refractivity contribution in [2.24, 2.45) is 0 Å². The fourth-order valence-electron chi connectivity index (χ4n) is 5.55. The third-order valence-corrected chi connectivity index (χ3v) is 10.8. The summed E-state index contributed by atoms with van der Waals surface area (Å²) in [6, 6.07) is 27.0. The Bertz CT molecular complexity index is 1070. The van der Waals surface area contributed by atoms with Crippen LogP contribution in [-0.4, -0.2) is 8.07 Å². The Balaban J connectivity index is 0.00000114. The summed E-state index contributed by atoms with van der Waals surface area (Å²) in [5.74, 6) is 0.482. The molecular formula is C27H26Cl2HfSi-2. The van der Waals surface area contributed by atoms with Crippen LogP contribution in [0.25, 0.3) is 17.2 Å². The van der Waals surface area contributed by atoms with E-state index >= 15 is 0 Å². The van der Waals surface area contributed by atoms with Gasteiger partial charge in [-0.2, -0.15) is 0 Å². The summed E-state index contributed by atoms with van der Waals surface area (Å²) in [7, 11) is -1.82. The van der Waals surface area contributed by atoms with Crippen molar-refractivity contribution < 1.29 is 50.7 Å². The topological polar surface area (TPSA) is 0 Å². The standard InChI is InChI=1S/C27H26Si.2ClH.Hf/c1-4-11-23-20-13-6-5-12-19(20)18-26(23)28(2,3)27-24-16-9-7-14-21(24)22-15-8-10-17-25(22)27;;;/h4-10,12-18,23,27H,1,11H2,2-3H3;2*1H;/p-2. The molecule has 0 N–H and O–H groups in total. The second-order valence-electron chi connectivity index (χ2n) is 8.63. The minimum atomic E-state index is -1.82. The summed E-state index contributed by atoms with van der Waals surface area (Å²) >= 11 is 0. The van der Waals surface area contributed by atoms with E-state index in [1.54, 1.807) is 5.20 Å². The maximum Gasteiger partial charge on any atom is 0.0885 e. The normalized spacial score (nSPS) is 15.9. The van der Waals surface area contributed by atoms with Crippen molar-refractivity contribution in [2.75, 3.05) is 0 Å². The molecule has 3 aromatic rings. The van der Waals surface area contributed by atoms with E-state index in [9.17, 15) is 0 Å². The number of benzene rings is 3. The van der Waals surface area contributed by atoms with Gasteiger partial charge in [-0.25, -0.2) is 0 Å². The average molecular weight is 628 g/mol. The van der Waals surface area contributed by atoms with Crippen molar-refractivity contribution in [3.05, 3.63) is 113 Å². The first kappa shape index (κ1) is 26.1. The molecule has 0 aromatic heterocycles. The Labute approximate surface area is 218 Å². The van der Waals surface area contributed by atoms with E-state index in [2.05, 4.69) is 105 Å². The Morgan fingerprint density at radius 2 is 1.26 bits per heavy atom. The molecule has 1 atom stereocenters. The zero-order valence-electron chi connectivity index (χ0n) is 17.9. The third kappa shape index (κ3) is 4.13. The second-order valence-corrected chi connectivity index (χ2v) is 13.2. The Kier molecular flexibility index (Phi) is 8.55. The van der Waals surface area contributed by atoms with Gasteiger partial charge in [0.2, 0.25) is 0 Å². The van der Waals surface area contributed by atoms with Gasteiger partial charge in [0.25, 0.3) is 0 Å². The van der Waals surface area contributed by atoms with Crippen molar-refractivity contribution in [2.45, 2.75) is 31.0 Å². The van der Waals surface area contributed by atoms with Crippen molar-refractivity contribution in [1.82, 2.24) is 0 Å². The van der Waals surface area contributed by atoms with Gasteiger partial charge in [-0.15, -0.1) is 6.58 Å². The maximum atomic E-state index is 4.07. The van der Waals surface area contributed by atoms with Crippen LogP contribution in [0.1, 0.15) is 40.1 Å². The predicted molar refractivity (Wildman–Crippen MR) is 123 cm³/mol. The van der Waals surface area contributed by atoms with Crippen LogP contribution in [-0.2, 0) is 25.8 Å². The van der Waals surface area contributed by atoms with Gasteiger partial charge >= 0.3 is 0 Å². The van der Waals surface area contributed by atoms with Crippen LogP contribution in [0.4, 0.5) is 0 Å². The van der Waals surface area contributed by atoms with Gasteiger partial charge in [0.15, 0.2) is 0 Å². The van der Waals surface area contributed by atoms with Crippen molar-refractivity contribution in [3.63, 3.8) is 0 Å². The molecule has 4 heteroatoms. The minimum absolute atomic E-state index is 0. The minimum Gasteiger partial charge on any atom is -1.00 e. The van der Waals surface area contributed by atoms with Crippen LogP contribution in [0, 0.1) is 0 Å². The van der Waals surface area contributed by atoms with E-state index in [-0.39, 0.29) is 50.7 Å². The maximum absolute atomic E-state index is 4.07. The van der Waals surface area contributed by atoms with Gasteiger partial charge in [-0.3, -0.25) is 0 Å². The summed E-state index contributed by atoms with van der Waals surface area (Å²) in [5.41, 5.74) is 9.30. The first-order valence-electron chi connectivity index (χ1n) is 10.2. The first-order chi connectivity index (χ1) is 13.6. The fourth-order valence-corrected chi connectivity index (χ4v) is 9.64. The van der Waals surface area contributed by atoms with Gasteiger partial charge in [0, 0.05) is 37.3 Å². The van der Waals surface area contributed by atoms with E-state index in [1.807, 2.05) is 0 Å². The number of hydrogen-bond acceptors (Lipinski definition) is 0. The van der Waals surface area contributed by atoms with Crippen LogP contribution in [0.5, 0.6) is 0 Å². The predicted octanol–water partition coefficient (Wildman–Crippen LogP) is 1.35. The van der Waals surface area contributed by atoms with Crippen molar-refractivity contribution >= 4 is 14.1 Å². The summed E-state index contributed by atoms with van der Waals surface area (Å²) in [6.45, 7) is 9.22. The quantitative estimate of drug-likeness (QED) is 0.303. The number of hydrogen-bond donors (Lipinski definition) is 0. The Morgan fingerprint density at radius 1 is 0.774 bits per heavy atom. The summed E-state index contributed by atoms with van der Waals surface area (Å²) in [4.78, 5) is 0. The molecule has 3 aromatic carbocycles. The van der Waals surface area contributed by atoms with Crippen LogP contribution < -0.4 is 24.8 Å². The monoisotopic (exact) mass is 628 g/mol. The van der Waals surface area contributed by atoms with E-state index in [0.29, 0.717) is 11.5 Å². The molecule has 5 rings (SSSR count). The van der Waals surface area contributed by atoms with Gasteiger partial charge in [-0.05, 0) is 39.8 Å². The molecule has 0 amide bonds. The number of rotatable bonds is 4. The van der Waals surface area contributed by atoms with E-state index < -0.39 is 8.07 Å². The number of allylic oxidation sites excluding steroid dienone is 2. The van der Waals surface area contributed by atoms with Gasteiger partial charge in [-0.1, -0.05) is 103 Å². The zero-order chi connectivity index (χ0) is 19.3. The molecule has 0 bridgehead atoms. The molecule has 2 aliphatic carbocycles. The third-order valence-electron chi connectivity index (χ3n) is 6.76. The Morgan fingerprint density at radius 3 is 1.81 bits per heavy atom. The SMILES string of the molecule is C=CCC1C([Si](C)(C)C2c3ccccc3-c3ccccc32)=Cc2ccccc21.[Cl-].[Cl-].[Hf]. The molecule has 0 saturated carbocycles. The fraction of sp³-hybridized carbons (Fsp3) is 0.185. The molecule has 0 saturated heterocycles. The van der Waals surface area contributed by atoms with Crippen molar-refractivity contribution in [3.8, 4) is 11.1 Å². The second kappa shape index (κ2) is 10.2. The van der Waals surface area contributed by atoms with Gasteiger partial charge in [0.1, 0.15) is 0 Å². The molecule has 31 heavy (non-hydrogen) atoms. The molecule has 158 valence electrons.